The summed E-state index contributed by atoms with van der Waals surface area (Å²) in [5.41, 5.74) is 0.195. The van der Waals surface area contributed by atoms with Gasteiger partial charge in [-0.25, -0.2) is 26.9 Å². The van der Waals surface area contributed by atoms with Gasteiger partial charge in [0.1, 0.15) is 23.5 Å². The average molecular weight is 401 g/mol. The van der Waals surface area contributed by atoms with E-state index >= 15 is 0 Å². The minimum absolute atomic E-state index is 0.0795. The Morgan fingerprint density at radius 2 is 1.82 bits per heavy atom. The van der Waals surface area contributed by atoms with Gasteiger partial charge in [0.05, 0.1) is 10.5 Å². The summed E-state index contributed by atoms with van der Waals surface area (Å²) < 4.78 is 58.9. The second kappa shape index (κ2) is 8.12. The Labute approximate surface area is 160 Å². The number of sulfonamides is 1. The molecular weight excluding hydrogens is 388 g/mol. The van der Waals surface area contributed by atoms with Crippen molar-refractivity contribution < 1.29 is 21.9 Å². The highest BCUT2D eigenvalue weighted by Crippen LogP contribution is 2.21. The second-order valence-electron chi connectivity index (χ2n) is 5.64. The van der Waals surface area contributed by atoms with Gasteiger partial charge in [-0.1, -0.05) is 0 Å². The summed E-state index contributed by atoms with van der Waals surface area (Å²) in [7, 11) is -3.95. The van der Waals surface area contributed by atoms with Crippen LogP contribution in [0.15, 0.2) is 65.7 Å². The number of benzene rings is 2. The molecule has 0 aliphatic heterocycles. The zero-order chi connectivity index (χ0) is 20.1. The summed E-state index contributed by atoms with van der Waals surface area (Å²) >= 11 is 0. The van der Waals surface area contributed by atoms with Gasteiger partial charge in [0.15, 0.2) is 0 Å². The second-order valence-corrected chi connectivity index (χ2v) is 7.40. The summed E-state index contributed by atoms with van der Waals surface area (Å²) in [6.45, 7) is -0.0795. The Kier molecular flexibility index (Phi) is 5.63. The first-order valence-corrected chi connectivity index (χ1v) is 9.43. The van der Waals surface area contributed by atoms with Crippen LogP contribution < -0.4 is 9.46 Å². The Hall–Kier alpha value is -3.35. The molecule has 0 saturated carbocycles. The number of pyridine rings is 1. The molecule has 0 radical (unpaired) electrons. The summed E-state index contributed by atoms with van der Waals surface area (Å²) in [5.74, 6) is -0.610. The first-order valence-electron chi connectivity index (χ1n) is 7.95. The van der Waals surface area contributed by atoms with Crippen molar-refractivity contribution in [2.75, 3.05) is 0 Å². The van der Waals surface area contributed by atoms with Crippen molar-refractivity contribution in [3.63, 3.8) is 0 Å². The topological polar surface area (TPSA) is 92.1 Å². The van der Waals surface area contributed by atoms with Crippen molar-refractivity contribution in [2.24, 2.45) is 0 Å². The predicted molar refractivity (Wildman–Crippen MR) is 95.9 cm³/mol. The van der Waals surface area contributed by atoms with Gasteiger partial charge in [0.25, 0.3) is 0 Å². The van der Waals surface area contributed by atoms with E-state index in [2.05, 4.69) is 9.71 Å². The number of rotatable bonds is 6. The van der Waals surface area contributed by atoms with Crippen molar-refractivity contribution in [3.05, 3.63) is 83.6 Å². The Balaban J connectivity index is 1.72. The molecule has 0 aliphatic carbocycles. The number of nitrogens with zero attached hydrogens (tertiary/aromatic N) is 2. The SMILES string of the molecule is N#Cc1cc(S(=O)(=O)NCc2ccnc(Oc3ccc(F)cc3)c2)ccc1F. The Bertz CT molecular complexity index is 1140. The number of halogens is 2. The lowest BCUT2D eigenvalue weighted by Gasteiger charge is -2.09. The molecule has 1 N–H and O–H groups in total. The standard InChI is InChI=1S/C19H13F2N3O3S/c20-15-1-3-16(4-2-15)27-19-9-13(7-8-23-19)12-24-28(25,26)17-5-6-18(21)14(10-17)11-22/h1-10,24H,12H2. The summed E-state index contributed by atoms with van der Waals surface area (Å²) in [6, 6.07) is 13.0. The number of aromatic nitrogens is 1. The van der Waals surface area contributed by atoms with Crippen LogP contribution in [0.2, 0.25) is 0 Å². The van der Waals surface area contributed by atoms with Crippen LogP contribution in [0.3, 0.4) is 0 Å². The van der Waals surface area contributed by atoms with E-state index in [1.54, 1.807) is 12.1 Å². The monoisotopic (exact) mass is 401 g/mol. The molecular formula is C19H13F2N3O3S. The van der Waals surface area contributed by atoms with Crippen LogP contribution >= 0.6 is 0 Å². The maximum absolute atomic E-state index is 13.4. The Morgan fingerprint density at radius 3 is 2.54 bits per heavy atom. The molecule has 0 bridgehead atoms. The van der Waals surface area contributed by atoms with E-state index in [9.17, 15) is 17.2 Å². The smallest absolute Gasteiger partial charge is 0.240 e. The van der Waals surface area contributed by atoms with E-state index in [4.69, 9.17) is 10.00 Å². The van der Waals surface area contributed by atoms with Gasteiger partial charge in [-0.2, -0.15) is 5.26 Å². The largest absolute Gasteiger partial charge is 0.439 e. The summed E-state index contributed by atoms with van der Waals surface area (Å²) in [6.07, 6.45) is 1.44. The highest BCUT2D eigenvalue weighted by atomic mass is 32.2. The number of hydrogen-bond acceptors (Lipinski definition) is 5. The van der Waals surface area contributed by atoms with Crippen LogP contribution in [-0.2, 0) is 16.6 Å². The minimum atomic E-state index is -3.95. The molecule has 0 unspecified atom stereocenters. The normalized spacial score (nSPS) is 11.0. The van der Waals surface area contributed by atoms with Crippen molar-refractivity contribution in [2.45, 2.75) is 11.4 Å². The molecule has 2 aromatic carbocycles. The zero-order valence-electron chi connectivity index (χ0n) is 14.3. The van der Waals surface area contributed by atoms with Gasteiger partial charge in [0, 0.05) is 18.8 Å². The first kappa shape index (κ1) is 19.4. The number of ether oxygens (including phenoxy) is 1. The van der Waals surface area contributed by atoms with E-state index in [-0.39, 0.29) is 22.9 Å². The fourth-order valence-corrected chi connectivity index (χ4v) is 3.30. The van der Waals surface area contributed by atoms with Crippen molar-refractivity contribution >= 4 is 10.0 Å². The van der Waals surface area contributed by atoms with Crippen molar-refractivity contribution in [1.29, 1.82) is 5.26 Å². The van der Waals surface area contributed by atoms with E-state index in [1.165, 1.54) is 36.5 Å². The van der Waals surface area contributed by atoms with E-state index in [1.807, 2.05) is 0 Å². The first-order chi connectivity index (χ1) is 13.4. The molecule has 3 rings (SSSR count). The van der Waals surface area contributed by atoms with Crippen molar-refractivity contribution in [3.8, 4) is 17.7 Å². The maximum Gasteiger partial charge on any atom is 0.240 e. The third kappa shape index (κ3) is 4.68. The molecule has 0 aliphatic rings. The fourth-order valence-electron chi connectivity index (χ4n) is 2.26. The van der Waals surface area contributed by atoms with Gasteiger partial charge in [-0.05, 0) is 54.1 Å². The molecule has 1 heterocycles. The molecule has 28 heavy (non-hydrogen) atoms. The quantitative estimate of drug-likeness (QED) is 0.683. The molecule has 0 spiro atoms. The van der Waals surface area contributed by atoms with E-state index in [0.29, 0.717) is 11.3 Å². The lowest BCUT2D eigenvalue weighted by atomic mass is 10.2. The van der Waals surface area contributed by atoms with Gasteiger partial charge in [-0.3, -0.25) is 0 Å². The zero-order valence-corrected chi connectivity index (χ0v) is 15.1. The van der Waals surface area contributed by atoms with E-state index < -0.39 is 21.7 Å². The van der Waals surface area contributed by atoms with Crippen molar-refractivity contribution in [1.82, 2.24) is 9.71 Å². The molecule has 6 nitrogen and oxygen atoms in total. The minimum Gasteiger partial charge on any atom is -0.439 e. The summed E-state index contributed by atoms with van der Waals surface area (Å²) in [5, 5.41) is 8.84. The molecule has 1 aromatic heterocycles. The maximum atomic E-state index is 13.4. The third-order valence-corrected chi connectivity index (χ3v) is 5.07. The molecule has 142 valence electrons. The van der Waals surface area contributed by atoms with Crippen LogP contribution in [0.5, 0.6) is 11.6 Å². The molecule has 0 atom stereocenters. The molecule has 0 amide bonds. The lowest BCUT2D eigenvalue weighted by molar-refractivity contribution is 0.460. The van der Waals surface area contributed by atoms with Crippen LogP contribution in [0.25, 0.3) is 0 Å². The lowest BCUT2D eigenvalue weighted by Crippen LogP contribution is -2.23. The van der Waals surface area contributed by atoms with Gasteiger partial charge < -0.3 is 4.74 Å². The molecule has 0 fully saturated rings. The number of nitriles is 1. The van der Waals surface area contributed by atoms with Crippen LogP contribution in [0.4, 0.5) is 8.78 Å². The number of hydrogen-bond donors (Lipinski definition) is 1. The van der Waals surface area contributed by atoms with Crippen LogP contribution in [0, 0.1) is 23.0 Å². The Morgan fingerprint density at radius 1 is 1.07 bits per heavy atom. The molecule has 9 heteroatoms. The van der Waals surface area contributed by atoms with Gasteiger partial charge >= 0.3 is 0 Å². The summed E-state index contributed by atoms with van der Waals surface area (Å²) in [4.78, 5) is 3.80. The highest BCUT2D eigenvalue weighted by Gasteiger charge is 2.16. The third-order valence-electron chi connectivity index (χ3n) is 3.67. The van der Waals surface area contributed by atoms with Crippen LogP contribution in [0.1, 0.15) is 11.1 Å². The predicted octanol–water partition coefficient (Wildman–Crippen LogP) is 3.50. The molecule has 0 saturated heterocycles. The highest BCUT2D eigenvalue weighted by molar-refractivity contribution is 7.89. The fraction of sp³-hybridized carbons (Fsp3) is 0.0526. The van der Waals surface area contributed by atoms with Gasteiger partial charge in [-0.15, -0.1) is 0 Å². The number of nitrogens with one attached hydrogen (secondary N) is 1. The van der Waals surface area contributed by atoms with E-state index in [0.717, 1.165) is 18.2 Å². The van der Waals surface area contributed by atoms with Gasteiger partial charge in [0.2, 0.25) is 15.9 Å². The molecule has 3 aromatic rings. The van der Waals surface area contributed by atoms with Crippen LogP contribution in [-0.4, -0.2) is 13.4 Å². The average Bonchev–Trinajstić information content (AvgIpc) is 2.69.